The molecule has 3 nitrogen and oxygen atoms in total. The van der Waals surface area contributed by atoms with Gasteiger partial charge in [0.1, 0.15) is 17.2 Å². The summed E-state index contributed by atoms with van der Waals surface area (Å²) in [5.41, 5.74) is 9.26. The Bertz CT molecular complexity index is 693. The predicted octanol–water partition coefficient (Wildman–Crippen LogP) is -0.0186. The van der Waals surface area contributed by atoms with Crippen LogP contribution >= 0.6 is 11.5 Å². The SMILES string of the molecule is Cc1ccc(-[n+]2sc(N)nc2-c2ccccc2)cc1.[Cl-]. The first kappa shape index (κ1) is 14.5. The number of nitrogens with zero attached hydrogens (tertiary/aromatic N) is 2. The molecule has 0 saturated carbocycles. The third kappa shape index (κ3) is 2.81. The maximum absolute atomic E-state index is 5.87. The van der Waals surface area contributed by atoms with Gasteiger partial charge in [-0.1, -0.05) is 35.9 Å². The van der Waals surface area contributed by atoms with Gasteiger partial charge in [-0.3, -0.25) is 0 Å². The highest BCUT2D eigenvalue weighted by atomic mass is 35.5. The molecule has 0 bridgehead atoms. The minimum atomic E-state index is 0. The number of halogens is 1. The van der Waals surface area contributed by atoms with Crippen LogP contribution in [-0.4, -0.2) is 4.98 Å². The van der Waals surface area contributed by atoms with Gasteiger partial charge in [0.15, 0.2) is 0 Å². The Balaban J connectivity index is 0.00000147. The zero-order chi connectivity index (χ0) is 13.2. The molecule has 0 saturated heterocycles. The molecular weight excluding hydrogens is 290 g/mol. The number of nitrogen functional groups attached to an aromatic ring is 1. The molecule has 3 rings (SSSR count). The van der Waals surface area contributed by atoms with Gasteiger partial charge in [-0.15, -0.1) is 3.96 Å². The highest BCUT2D eigenvalue weighted by Crippen LogP contribution is 2.19. The number of nitrogens with two attached hydrogens (primary N) is 1. The molecule has 0 spiro atoms. The second-order valence-electron chi connectivity index (χ2n) is 4.36. The van der Waals surface area contributed by atoms with E-state index >= 15 is 0 Å². The molecule has 102 valence electrons. The topological polar surface area (TPSA) is 42.8 Å². The quantitative estimate of drug-likeness (QED) is 0.676. The highest BCUT2D eigenvalue weighted by Gasteiger charge is 2.22. The van der Waals surface area contributed by atoms with E-state index in [0.29, 0.717) is 5.13 Å². The number of rotatable bonds is 2. The fraction of sp³-hybridized carbons (Fsp3) is 0.0667. The maximum Gasteiger partial charge on any atom is 0.350 e. The Morgan fingerprint density at radius 1 is 1.00 bits per heavy atom. The summed E-state index contributed by atoms with van der Waals surface area (Å²) in [6, 6.07) is 18.4. The average molecular weight is 304 g/mol. The summed E-state index contributed by atoms with van der Waals surface area (Å²) >= 11 is 1.45. The van der Waals surface area contributed by atoms with Crippen molar-refractivity contribution in [2.24, 2.45) is 0 Å². The van der Waals surface area contributed by atoms with Crippen molar-refractivity contribution in [2.75, 3.05) is 5.73 Å². The van der Waals surface area contributed by atoms with E-state index in [0.717, 1.165) is 17.1 Å². The van der Waals surface area contributed by atoms with Crippen LogP contribution in [0.1, 0.15) is 5.56 Å². The summed E-state index contributed by atoms with van der Waals surface area (Å²) in [4.78, 5) is 4.44. The number of anilines is 1. The van der Waals surface area contributed by atoms with Gasteiger partial charge in [-0.25, -0.2) is 0 Å². The summed E-state index contributed by atoms with van der Waals surface area (Å²) < 4.78 is 2.06. The van der Waals surface area contributed by atoms with E-state index in [4.69, 9.17) is 5.73 Å². The van der Waals surface area contributed by atoms with Crippen LogP contribution in [0.5, 0.6) is 0 Å². The Labute approximate surface area is 128 Å². The number of aromatic nitrogens is 2. The standard InChI is InChI=1S/C15H13N3S.ClH/c1-11-7-9-13(10-8-11)18-14(17-15(16)19-18)12-5-3-2-4-6-12;/h2-10,16H,1H3;1H. The van der Waals surface area contributed by atoms with Crippen molar-refractivity contribution in [3.8, 4) is 17.1 Å². The van der Waals surface area contributed by atoms with Gasteiger partial charge in [0.2, 0.25) is 0 Å². The zero-order valence-corrected chi connectivity index (χ0v) is 12.5. The number of aryl methyl sites for hydroxylation is 1. The normalized spacial score (nSPS) is 10.1. The molecule has 0 atom stereocenters. The molecule has 0 aliphatic rings. The summed E-state index contributed by atoms with van der Waals surface area (Å²) in [5.74, 6) is 0.881. The van der Waals surface area contributed by atoms with Crippen molar-refractivity contribution in [2.45, 2.75) is 6.92 Å². The van der Waals surface area contributed by atoms with E-state index in [9.17, 15) is 0 Å². The number of hydrogen-bond acceptors (Lipinski definition) is 3. The first-order valence-corrected chi connectivity index (χ1v) is 6.83. The van der Waals surface area contributed by atoms with Crippen molar-refractivity contribution in [3.63, 3.8) is 0 Å². The summed E-state index contributed by atoms with van der Waals surface area (Å²) in [6.45, 7) is 2.08. The number of hydrogen-bond donors (Lipinski definition) is 1. The smallest absolute Gasteiger partial charge is 0.350 e. The Morgan fingerprint density at radius 2 is 1.65 bits per heavy atom. The maximum atomic E-state index is 5.87. The van der Waals surface area contributed by atoms with Crippen molar-refractivity contribution >= 4 is 16.7 Å². The molecule has 20 heavy (non-hydrogen) atoms. The van der Waals surface area contributed by atoms with Crippen LogP contribution in [0.3, 0.4) is 0 Å². The Morgan fingerprint density at radius 3 is 2.30 bits per heavy atom. The molecule has 3 aromatic rings. The lowest BCUT2D eigenvalue weighted by molar-refractivity contribution is -0.509. The second kappa shape index (κ2) is 6.03. The van der Waals surface area contributed by atoms with Crippen molar-refractivity contribution in [1.29, 1.82) is 0 Å². The second-order valence-corrected chi connectivity index (χ2v) is 5.33. The van der Waals surface area contributed by atoms with Gasteiger partial charge in [0.25, 0.3) is 0 Å². The Hall–Kier alpha value is -1.91. The zero-order valence-electron chi connectivity index (χ0n) is 11.0. The van der Waals surface area contributed by atoms with E-state index in [1.807, 2.05) is 30.3 Å². The van der Waals surface area contributed by atoms with Crippen LogP contribution < -0.4 is 22.1 Å². The summed E-state index contributed by atoms with van der Waals surface area (Å²) in [5, 5.41) is 0.569. The molecule has 0 radical (unpaired) electrons. The van der Waals surface area contributed by atoms with Gasteiger partial charge in [0, 0.05) is 0 Å². The largest absolute Gasteiger partial charge is 1.00 e. The van der Waals surface area contributed by atoms with Gasteiger partial charge in [-0.05, 0) is 36.2 Å². The van der Waals surface area contributed by atoms with E-state index in [-0.39, 0.29) is 12.4 Å². The lowest BCUT2D eigenvalue weighted by atomic mass is 10.2. The van der Waals surface area contributed by atoms with Crippen LogP contribution in [0, 0.1) is 6.92 Å². The lowest BCUT2D eigenvalue weighted by Gasteiger charge is -1.98. The molecule has 1 heterocycles. The fourth-order valence-electron chi connectivity index (χ4n) is 1.93. The molecule has 0 aliphatic heterocycles. The minimum absolute atomic E-state index is 0. The summed E-state index contributed by atoms with van der Waals surface area (Å²) in [6.07, 6.45) is 0. The Kier molecular flexibility index (Phi) is 4.37. The van der Waals surface area contributed by atoms with Crippen molar-refractivity contribution < 1.29 is 16.4 Å². The molecule has 0 unspecified atom stereocenters. The van der Waals surface area contributed by atoms with Crippen molar-refractivity contribution in [3.05, 3.63) is 60.2 Å². The van der Waals surface area contributed by atoms with E-state index in [1.54, 1.807) is 0 Å². The van der Waals surface area contributed by atoms with Gasteiger partial charge < -0.3 is 18.1 Å². The third-order valence-corrected chi connectivity index (χ3v) is 3.74. The van der Waals surface area contributed by atoms with E-state index < -0.39 is 0 Å². The fourth-order valence-corrected chi connectivity index (χ4v) is 2.71. The predicted molar refractivity (Wildman–Crippen MR) is 78.2 cm³/mol. The van der Waals surface area contributed by atoms with Gasteiger partial charge >= 0.3 is 11.0 Å². The lowest BCUT2D eigenvalue weighted by Crippen LogP contribution is -3.00. The van der Waals surface area contributed by atoms with Crippen LogP contribution in [0.4, 0.5) is 5.13 Å². The van der Waals surface area contributed by atoms with Crippen LogP contribution in [0.2, 0.25) is 0 Å². The molecule has 0 aliphatic carbocycles. The first-order valence-electron chi connectivity index (χ1n) is 6.05. The molecule has 5 heteroatoms. The van der Waals surface area contributed by atoms with Crippen LogP contribution in [0.15, 0.2) is 54.6 Å². The van der Waals surface area contributed by atoms with Gasteiger partial charge in [0.05, 0.1) is 5.56 Å². The van der Waals surface area contributed by atoms with Gasteiger partial charge in [-0.2, -0.15) is 0 Å². The molecule has 0 amide bonds. The van der Waals surface area contributed by atoms with E-state index in [1.165, 1.54) is 17.1 Å². The van der Waals surface area contributed by atoms with Crippen LogP contribution in [0.25, 0.3) is 17.1 Å². The molecule has 0 fully saturated rings. The van der Waals surface area contributed by atoms with Crippen molar-refractivity contribution in [1.82, 2.24) is 4.98 Å². The molecule has 2 N–H and O–H groups in total. The third-order valence-electron chi connectivity index (χ3n) is 2.89. The van der Waals surface area contributed by atoms with Crippen LogP contribution in [-0.2, 0) is 0 Å². The molecule has 1 aromatic heterocycles. The molecular formula is C15H14ClN3S. The number of benzene rings is 2. The van der Waals surface area contributed by atoms with E-state index in [2.05, 4.69) is 40.1 Å². The minimum Gasteiger partial charge on any atom is -1.00 e. The highest BCUT2D eigenvalue weighted by molar-refractivity contribution is 7.05. The monoisotopic (exact) mass is 303 g/mol. The summed E-state index contributed by atoms with van der Waals surface area (Å²) in [7, 11) is 0. The first-order chi connectivity index (χ1) is 9.24. The average Bonchev–Trinajstić information content (AvgIpc) is 2.83. The molecule has 2 aromatic carbocycles.